The molecule has 4 nitrogen and oxygen atoms in total. The fraction of sp³-hybridized carbons (Fsp3) is 0.588. The summed E-state index contributed by atoms with van der Waals surface area (Å²) in [5, 5.41) is 13.7. The van der Waals surface area contributed by atoms with Gasteiger partial charge in [-0.15, -0.1) is 0 Å². The summed E-state index contributed by atoms with van der Waals surface area (Å²) < 4.78 is 0. The lowest BCUT2D eigenvalue weighted by atomic mass is 9.96. The zero-order valence-electron chi connectivity index (χ0n) is 13.0. The molecule has 0 bridgehead atoms. The SMILES string of the molecule is CC(C)N(CC1CCNCC1)C(=O)C(O)c1ccccc1. The molecule has 2 N–H and O–H groups in total. The third-order valence-electron chi connectivity index (χ3n) is 4.17. The van der Waals surface area contributed by atoms with Crippen LogP contribution in [0.1, 0.15) is 38.4 Å². The van der Waals surface area contributed by atoms with Crippen molar-refractivity contribution in [2.45, 2.75) is 38.8 Å². The highest BCUT2D eigenvalue weighted by Gasteiger charge is 2.28. The van der Waals surface area contributed by atoms with E-state index in [1.165, 1.54) is 0 Å². The molecule has 1 aromatic carbocycles. The number of nitrogens with one attached hydrogen (secondary N) is 1. The Morgan fingerprint density at radius 3 is 2.48 bits per heavy atom. The van der Waals surface area contributed by atoms with Gasteiger partial charge in [0.15, 0.2) is 6.10 Å². The molecular formula is C17H26N2O2. The Labute approximate surface area is 127 Å². The number of hydrogen-bond acceptors (Lipinski definition) is 3. The summed E-state index contributed by atoms with van der Waals surface area (Å²) in [6, 6.07) is 9.27. The van der Waals surface area contributed by atoms with Gasteiger partial charge in [0.25, 0.3) is 5.91 Å². The van der Waals surface area contributed by atoms with Crippen molar-refractivity contribution in [2.75, 3.05) is 19.6 Å². The van der Waals surface area contributed by atoms with Crippen LogP contribution in [-0.2, 0) is 4.79 Å². The summed E-state index contributed by atoms with van der Waals surface area (Å²) in [6.45, 7) is 6.80. The smallest absolute Gasteiger partial charge is 0.256 e. The fourth-order valence-corrected chi connectivity index (χ4v) is 2.83. The van der Waals surface area contributed by atoms with Crippen LogP contribution in [0.15, 0.2) is 30.3 Å². The van der Waals surface area contributed by atoms with E-state index in [1.54, 1.807) is 12.1 Å². The van der Waals surface area contributed by atoms with Crippen molar-refractivity contribution in [2.24, 2.45) is 5.92 Å². The first-order chi connectivity index (χ1) is 10.1. The Morgan fingerprint density at radius 1 is 1.29 bits per heavy atom. The number of benzene rings is 1. The number of nitrogens with zero attached hydrogens (tertiary/aromatic N) is 1. The van der Waals surface area contributed by atoms with E-state index in [0.29, 0.717) is 11.5 Å². The average Bonchev–Trinajstić information content (AvgIpc) is 2.53. The van der Waals surface area contributed by atoms with Crippen LogP contribution in [-0.4, -0.2) is 41.6 Å². The van der Waals surface area contributed by atoms with Gasteiger partial charge < -0.3 is 15.3 Å². The standard InChI is InChI=1S/C17H26N2O2/c1-13(2)19(12-14-8-10-18-11-9-14)17(21)16(20)15-6-4-3-5-7-15/h3-7,13-14,16,18,20H,8-12H2,1-2H3. The van der Waals surface area contributed by atoms with Gasteiger partial charge in [-0.2, -0.15) is 0 Å². The monoisotopic (exact) mass is 290 g/mol. The topological polar surface area (TPSA) is 52.6 Å². The first-order valence-electron chi connectivity index (χ1n) is 7.83. The van der Waals surface area contributed by atoms with Crippen molar-refractivity contribution in [1.29, 1.82) is 0 Å². The predicted octanol–water partition coefficient (Wildman–Crippen LogP) is 1.96. The first-order valence-corrected chi connectivity index (χ1v) is 7.83. The molecule has 1 fully saturated rings. The molecule has 1 amide bonds. The van der Waals surface area contributed by atoms with Crippen molar-refractivity contribution >= 4 is 5.91 Å². The molecule has 116 valence electrons. The van der Waals surface area contributed by atoms with Crippen LogP contribution >= 0.6 is 0 Å². The molecule has 21 heavy (non-hydrogen) atoms. The molecule has 1 heterocycles. The van der Waals surface area contributed by atoms with E-state index < -0.39 is 6.10 Å². The fourth-order valence-electron chi connectivity index (χ4n) is 2.83. The van der Waals surface area contributed by atoms with E-state index in [4.69, 9.17) is 0 Å². The lowest BCUT2D eigenvalue weighted by Crippen LogP contribution is -2.45. The lowest BCUT2D eigenvalue weighted by molar-refractivity contribution is -0.143. The van der Waals surface area contributed by atoms with Gasteiger partial charge in [-0.05, 0) is 51.3 Å². The molecule has 2 rings (SSSR count). The van der Waals surface area contributed by atoms with Gasteiger partial charge in [0, 0.05) is 12.6 Å². The van der Waals surface area contributed by atoms with Gasteiger partial charge in [-0.1, -0.05) is 30.3 Å². The van der Waals surface area contributed by atoms with E-state index in [0.717, 1.165) is 32.5 Å². The largest absolute Gasteiger partial charge is 0.378 e. The Kier molecular flexibility index (Phi) is 5.76. The van der Waals surface area contributed by atoms with Gasteiger partial charge in [0.05, 0.1) is 0 Å². The molecule has 1 aromatic rings. The van der Waals surface area contributed by atoms with Crippen LogP contribution in [0.2, 0.25) is 0 Å². The second-order valence-electron chi connectivity index (χ2n) is 6.09. The van der Waals surface area contributed by atoms with Gasteiger partial charge >= 0.3 is 0 Å². The zero-order valence-corrected chi connectivity index (χ0v) is 13.0. The first kappa shape index (κ1) is 16.0. The maximum atomic E-state index is 12.6. The summed E-state index contributed by atoms with van der Waals surface area (Å²) in [5.74, 6) is 0.343. The van der Waals surface area contributed by atoms with Crippen molar-refractivity contribution < 1.29 is 9.90 Å². The van der Waals surface area contributed by atoms with Crippen molar-refractivity contribution in [3.8, 4) is 0 Å². The molecule has 1 saturated heterocycles. The van der Waals surface area contributed by atoms with Crippen molar-refractivity contribution in [1.82, 2.24) is 10.2 Å². The van der Waals surface area contributed by atoms with E-state index >= 15 is 0 Å². The van der Waals surface area contributed by atoms with Gasteiger partial charge in [-0.3, -0.25) is 4.79 Å². The highest BCUT2D eigenvalue weighted by molar-refractivity contribution is 5.82. The Balaban J connectivity index is 2.04. The van der Waals surface area contributed by atoms with Crippen LogP contribution in [0.25, 0.3) is 0 Å². The van der Waals surface area contributed by atoms with Gasteiger partial charge in [0.2, 0.25) is 0 Å². The van der Waals surface area contributed by atoms with Gasteiger partial charge in [0.1, 0.15) is 0 Å². The summed E-state index contributed by atoms with van der Waals surface area (Å²) in [6.07, 6.45) is 1.13. The second kappa shape index (κ2) is 7.57. The zero-order chi connectivity index (χ0) is 15.2. The molecular weight excluding hydrogens is 264 g/mol. The normalized spacial score (nSPS) is 17.7. The van der Waals surface area contributed by atoms with E-state index in [2.05, 4.69) is 5.32 Å². The Hall–Kier alpha value is -1.39. The van der Waals surface area contributed by atoms with Crippen LogP contribution < -0.4 is 5.32 Å². The minimum absolute atomic E-state index is 0.103. The highest BCUT2D eigenvalue weighted by Crippen LogP contribution is 2.20. The number of amides is 1. The number of aliphatic hydroxyl groups is 1. The van der Waals surface area contributed by atoms with Crippen molar-refractivity contribution in [3.63, 3.8) is 0 Å². The molecule has 0 aliphatic carbocycles. The number of carbonyl (C=O) groups excluding carboxylic acids is 1. The molecule has 0 radical (unpaired) electrons. The molecule has 1 aliphatic heterocycles. The van der Waals surface area contributed by atoms with Gasteiger partial charge in [-0.25, -0.2) is 0 Å². The highest BCUT2D eigenvalue weighted by atomic mass is 16.3. The molecule has 1 aliphatic rings. The van der Waals surface area contributed by atoms with Crippen molar-refractivity contribution in [3.05, 3.63) is 35.9 Å². The molecule has 4 heteroatoms. The maximum Gasteiger partial charge on any atom is 0.256 e. The Bertz CT molecular complexity index is 441. The number of hydrogen-bond donors (Lipinski definition) is 2. The van der Waals surface area contributed by atoms with Crippen LogP contribution in [0.5, 0.6) is 0 Å². The van der Waals surface area contributed by atoms with E-state index in [9.17, 15) is 9.90 Å². The quantitative estimate of drug-likeness (QED) is 0.871. The average molecular weight is 290 g/mol. The predicted molar refractivity (Wildman–Crippen MR) is 83.8 cm³/mol. The number of carbonyl (C=O) groups is 1. The molecule has 1 unspecified atom stereocenters. The summed E-state index contributed by atoms with van der Waals surface area (Å²) in [7, 11) is 0. The molecule has 0 aromatic heterocycles. The van der Waals surface area contributed by atoms with E-state index in [1.807, 2.05) is 36.9 Å². The summed E-state index contributed by atoms with van der Waals surface area (Å²) >= 11 is 0. The minimum Gasteiger partial charge on any atom is -0.378 e. The summed E-state index contributed by atoms with van der Waals surface area (Å²) in [4.78, 5) is 14.4. The molecule has 1 atom stereocenters. The van der Waals surface area contributed by atoms with E-state index in [-0.39, 0.29) is 11.9 Å². The second-order valence-corrected chi connectivity index (χ2v) is 6.09. The number of piperidine rings is 1. The minimum atomic E-state index is -1.06. The number of rotatable bonds is 5. The number of aliphatic hydroxyl groups excluding tert-OH is 1. The molecule has 0 saturated carbocycles. The Morgan fingerprint density at radius 2 is 1.90 bits per heavy atom. The lowest BCUT2D eigenvalue weighted by Gasteiger charge is -2.34. The third-order valence-corrected chi connectivity index (χ3v) is 4.17. The summed E-state index contributed by atoms with van der Waals surface area (Å²) in [5.41, 5.74) is 0.665. The third kappa shape index (κ3) is 4.29. The van der Waals surface area contributed by atoms with Crippen LogP contribution in [0, 0.1) is 5.92 Å². The van der Waals surface area contributed by atoms with Crippen LogP contribution in [0.4, 0.5) is 0 Å². The molecule has 0 spiro atoms. The maximum absolute atomic E-state index is 12.6. The van der Waals surface area contributed by atoms with Crippen LogP contribution in [0.3, 0.4) is 0 Å².